The molecule has 2 saturated heterocycles. The van der Waals surface area contributed by atoms with Gasteiger partial charge in [-0.05, 0) is 38.3 Å². The third-order valence-corrected chi connectivity index (χ3v) is 5.06. The van der Waals surface area contributed by atoms with Crippen LogP contribution in [-0.2, 0) is 14.3 Å². The van der Waals surface area contributed by atoms with E-state index in [1.54, 1.807) is 11.0 Å². The average molecular weight is 391 g/mol. The minimum absolute atomic E-state index is 0.0574. The minimum atomic E-state index is -0.927. The van der Waals surface area contributed by atoms with E-state index in [9.17, 15) is 19.7 Å². The van der Waals surface area contributed by atoms with Crippen LogP contribution in [0.25, 0.3) is 0 Å². The summed E-state index contributed by atoms with van der Waals surface area (Å²) >= 11 is 0. The molecule has 2 fully saturated rings. The molecule has 0 N–H and O–H groups in total. The van der Waals surface area contributed by atoms with E-state index in [1.165, 1.54) is 19.1 Å². The smallest absolute Gasteiger partial charge is 0.339 e. The number of benzene rings is 1. The summed E-state index contributed by atoms with van der Waals surface area (Å²) < 4.78 is 10.6. The van der Waals surface area contributed by atoms with Crippen LogP contribution in [0.5, 0.6) is 0 Å². The highest BCUT2D eigenvalue weighted by molar-refractivity contribution is 5.93. The Bertz CT molecular complexity index is 741. The van der Waals surface area contributed by atoms with Gasteiger partial charge in [0.2, 0.25) is 0 Å². The maximum absolute atomic E-state index is 12.5. The second-order valence-electron chi connectivity index (χ2n) is 6.99. The highest BCUT2D eigenvalue weighted by atomic mass is 16.6. The summed E-state index contributed by atoms with van der Waals surface area (Å²) in [6, 6.07) is 4.26. The van der Waals surface area contributed by atoms with Crippen molar-refractivity contribution in [2.45, 2.75) is 32.3 Å². The number of morpholine rings is 1. The molecule has 28 heavy (non-hydrogen) atoms. The van der Waals surface area contributed by atoms with E-state index in [1.807, 2.05) is 4.90 Å². The molecular weight excluding hydrogens is 366 g/mol. The topological polar surface area (TPSA) is 102 Å². The van der Waals surface area contributed by atoms with Crippen LogP contribution in [-0.4, -0.2) is 67.2 Å². The van der Waals surface area contributed by atoms with E-state index in [0.717, 1.165) is 19.3 Å². The fourth-order valence-corrected chi connectivity index (χ4v) is 3.52. The monoisotopic (exact) mass is 391 g/mol. The molecule has 9 heteroatoms. The molecule has 0 spiro atoms. The summed E-state index contributed by atoms with van der Waals surface area (Å²) in [6.07, 6.45) is 2.06. The van der Waals surface area contributed by atoms with E-state index in [-0.39, 0.29) is 17.2 Å². The zero-order valence-electron chi connectivity index (χ0n) is 16.0. The molecule has 3 rings (SSSR count). The Balaban J connectivity index is 1.71. The molecule has 0 aromatic heterocycles. The molecule has 0 bridgehead atoms. The van der Waals surface area contributed by atoms with Crippen molar-refractivity contribution in [2.75, 3.05) is 44.3 Å². The first kappa shape index (κ1) is 20.1. The van der Waals surface area contributed by atoms with Gasteiger partial charge in [0.15, 0.2) is 6.10 Å². The summed E-state index contributed by atoms with van der Waals surface area (Å²) in [5, 5.41) is 11.5. The number of ether oxygens (including phenoxy) is 2. The van der Waals surface area contributed by atoms with E-state index in [4.69, 9.17) is 9.47 Å². The third kappa shape index (κ3) is 4.59. The second kappa shape index (κ2) is 9.01. The second-order valence-corrected chi connectivity index (χ2v) is 6.99. The lowest BCUT2D eigenvalue weighted by atomic mass is 10.1. The van der Waals surface area contributed by atoms with Crippen molar-refractivity contribution in [2.24, 2.45) is 0 Å². The van der Waals surface area contributed by atoms with Gasteiger partial charge in [0, 0.05) is 32.2 Å². The minimum Gasteiger partial charge on any atom is -0.449 e. The van der Waals surface area contributed by atoms with Crippen molar-refractivity contribution < 1.29 is 24.0 Å². The van der Waals surface area contributed by atoms with Crippen LogP contribution in [0, 0.1) is 10.1 Å². The third-order valence-electron chi connectivity index (χ3n) is 5.06. The quantitative estimate of drug-likeness (QED) is 0.430. The molecular formula is C19H25N3O6. The fourth-order valence-electron chi connectivity index (χ4n) is 3.52. The van der Waals surface area contributed by atoms with E-state index in [2.05, 4.69) is 0 Å². The van der Waals surface area contributed by atoms with Gasteiger partial charge in [-0.3, -0.25) is 14.9 Å². The number of piperidine rings is 1. The van der Waals surface area contributed by atoms with Crippen LogP contribution >= 0.6 is 0 Å². The number of esters is 1. The first-order valence-corrected chi connectivity index (χ1v) is 9.58. The van der Waals surface area contributed by atoms with Gasteiger partial charge >= 0.3 is 5.97 Å². The fraction of sp³-hybridized carbons (Fsp3) is 0.579. The Hall–Kier alpha value is -2.68. The Morgan fingerprint density at radius 2 is 1.82 bits per heavy atom. The summed E-state index contributed by atoms with van der Waals surface area (Å²) in [7, 11) is 0. The van der Waals surface area contributed by atoms with Crippen LogP contribution in [0.2, 0.25) is 0 Å². The number of rotatable bonds is 5. The lowest BCUT2D eigenvalue weighted by Gasteiger charge is -2.29. The molecule has 2 heterocycles. The number of hydrogen-bond acceptors (Lipinski definition) is 7. The van der Waals surface area contributed by atoms with E-state index >= 15 is 0 Å². The molecule has 1 atom stereocenters. The predicted octanol–water partition coefficient (Wildman–Crippen LogP) is 1.99. The summed E-state index contributed by atoms with van der Waals surface area (Å²) in [6.45, 7) is 4.96. The first-order chi connectivity index (χ1) is 13.5. The van der Waals surface area contributed by atoms with Gasteiger partial charge in [0.05, 0.1) is 23.7 Å². The number of hydrogen-bond donors (Lipinski definition) is 0. The summed E-state index contributed by atoms with van der Waals surface area (Å²) in [5.74, 6) is -0.970. The Kier molecular flexibility index (Phi) is 6.45. The molecule has 0 unspecified atom stereocenters. The molecule has 9 nitrogen and oxygen atoms in total. The van der Waals surface area contributed by atoms with Crippen LogP contribution in [0.3, 0.4) is 0 Å². The zero-order valence-corrected chi connectivity index (χ0v) is 16.0. The zero-order chi connectivity index (χ0) is 20.1. The Labute approximate surface area is 163 Å². The summed E-state index contributed by atoms with van der Waals surface area (Å²) in [5.41, 5.74) is 0.343. The van der Waals surface area contributed by atoms with Crippen molar-refractivity contribution >= 4 is 23.3 Å². The number of carbonyl (C=O) groups is 2. The number of carbonyl (C=O) groups excluding carboxylic acids is 2. The van der Waals surface area contributed by atoms with Crippen LogP contribution in [0.4, 0.5) is 11.4 Å². The number of nitrogens with zero attached hydrogens (tertiary/aromatic N) is 3. The van der Waals surface area contributed by atoms with Crippen molar-refractivity contribution in [1.29, 1.82) is 0 Å². The number of nitro groups is 1. The van der Waals surface area contributed by atoms with Gasteiger partial charge in [-0.1, -0.05) is 0 Å². The number of amides is 1. The molecule has 1 amide bonds. The van der Waals surface area contributed by atoms with Crippen LogP contribution in [0.15, 0.2) is 18.2 Å². The lowest BCUT2D eigenvalue weighted by molar-refractivity contribution is -0.384. The van der Waals surface area contributed by atoms with E-state index in [0.29, 0.717) is 45.1 Å². The van der Waals surface area contributed by atoms with E-state index < -0.39 is 17.0 Å². The molecule has 152 valence electrons. The average Bonchev–Trinajstić information content (AvgIpc) is 2.73. The lowest BCUT2D eigenvalue weighted by Crippen LogP contribution is -2.42. The molecule has 1 aromatic carbocycles. The highest BCUT2D eigenvalue weighted by Gasteiger charge is 2.27. The Morgan fingerprint density at radius 3 is 2.46 bits per heavy atom. The molecule has 0 saturated carbocycles. The van der Waals surface area contributed by atoms with Gasteiger partial charge in [0.1, 0.15) is 5.69 Å². The maximum Gasteiger partial charge on any atom is 0.339 e. The van der Waals surface area contributed by atoms with Gasteiger partial charge in [-0.25, -0.2) is 4.79 Å². The normalized spacial score (nSPS) is 18.5. The predicted molar refractivity (Wildman–Crippen MR) is 101 cm³/mol. The van der Waals surface area contributed by atoms with Crippen LogP contribution in [0.1, 0.15) is 36.5 Å². The SMILES string of the molecule is C[C@H](OC(=O)c1ccc(N2CCOCC2)c([N+](=O)[O-])c1)C(=O)N1CCCCC1. The number of likely N-dealkylation sites (tertiary alicyclic amines) is 1. The van der Waals surface area contributed by atoms with Gasteiger partial charge < -0.3 is 19.3 Å². The molecule has 2 aliphatic rings. The van der Waals surface area contributed by atoms with Gasteiger partial charge in [-0.2, -0.15) is 0 Å². The van der Waals surface area contributed by atoms with Gasteiger partial charge in [-0.15, -0.1) is 0 Å². The summed E-state index contributed by atoms with van der Waals surface area (Å²) in [4.78, 5) is 39.4. The number of anilines is 1. The van der Waals surface area contributed by atoms with Crippen molar-refractivity contribution in [1.82, 2.24) is 4.90 Å². The van der Waals surface area contributed by atoms with Gasteiger partial charge in [0.25, 0.3) is 11.6 Å². The largest absolute Gasteiger partial charge is 0.449 e. The Morgan fingerprint density at radius 1 is 1.14 bits per heavy atom. The first-order valence-electron chi connectivity index (χ1n) is 9.58. The maximum atomic E-state index is 12.5. The standard InChI is InChI=1S/C19H25N3O6/c1-14(18(23)21-7-3-2-4-8-21)28-19(24)15-5-6-16(17(13-15)22(25)26)20-9-11-27-12-10-20/h5-6,13-14H,2-4,7-12H2,1H3/t14-/m0/s1. The van der Waals surface area contributed by atoms with Crippen molar-refractivity contribution in [3.63, 3.8) is 0 Å². The molecule has 0 radical (unpaired) electrons. The molecule has 0 aliphatic carbocycles. The molecule has 1 aromatic rings. The van der Waals surface area contributed by atoms with Crippen LogP contribution < -0.4 is 4.90 Å². The number of nitro benzene ring substituents is 1. The van der Waals surface area contributed by atoms with Crippen molar-refractivity contribution in [3.8, 4) is 0 Å². The highest BCUT2D eigenvalue weighted by Crippen LogP contribution is 2.30. The molecule has 2 aliphatic heterocycles. The van der Waals surface area contributed by atoms with Crippen molar-refractivity contribution in [3.05, 3.63) is 33.9 Å².